The molecule has 0 spiro atoms. The third kappa shape index (κ3) is 2.48. The van der Waals surface area contributed by atoms with Crippen LogP contribution in [0.2, 0.25) is 0 Å². The zero-order chi connectivity index (χ0) is 14.9. The van der Waals surface area contributed by atoms with Crippen molar-refractivity contribution in [3.8, 4) is 6.07 Å². The summed E-state index contributed by atoms with van der Waals surface area (Å²) in [6.07, 6.45) is 0. The van der Waals surface area contributed by atoms with E-state index in [0.717, 1.165) is 12.1 Å². The van der Waals surface area contributed by atoms with Crippen molar-refractivity contribution >= 4 is 15.7 Å². The van der Waals surface area contributed by atoms with E-state index in [1.54, 1.807) is 6.07 Å². The summed E-state index contributed by atoms with van der Waals surface area (Å²) in [4.78, 5) is -0.0691. The molecule has 0 fully saturated rings. The van der Waals surface area contributed by atoms with Gasteiger partial charge in [-0.05, 0) is 32.0 Å². The van der Waals surface area contributed by atoms with Gasteiger partial charge < -0.3 is 4.52 Å². The Morgan fingerprint density at radius 2 is 2.10 bits per heavy atom. The maximum Gasteiger partial charge on any atom is 0.267 e. The summed E-state index contributed by atoms with van der Waals surface area (Å²) in [5.41, 5.74) is 0.0598. The summed E-state index contributed by atoms with van der Waals surface area (Å²) < 4.78 is 44.6. The van der Waals surface area contributed by atoms with E-state index in [-0.39, 0.29) is 27.6 Å². The van der Waals surface area contributed by atoms with Crippen LogP contribution in [0.15, 0.2) is 27.6 Å². The molecular weight excluding hydrogens is 285 g/mol. The Hall–Kier alpha value is -2.40. The summed E-state index contributed by atoms with van der Waals surface area (Å²) in [6.45, 7) is 2.97. The molecule has 1 aromatic heterocycles. The van der Waals surface area contributed by atoms with Crippen molar-refractivity contribution in [2.75, 3.05) is 4.72 Å². The molecule has 0 saturated heterocycles. The van der Waals surface area contributed by atoms with Crippen molar-refractivity contribution in [3.05, 3.63) is 41.0 Å². The summed E-state index contributed by atoms with van der Waals surface area (Å²) in [5.74, 6) is -0.564. The van der Waals surface area contributed by atoms with E-state index in [4.69, 9.17) is 9.78 Å². The normalized spacial score (nSPS) is 11.1. The maximum atomic E-state index is 13.2. The summed E-state index contributed by atoms with van der Waals surface area (Å²) in [7, 11) is -3.91. The molecule has 2 aromatic rings. The largest absolute Gasteiger partial charge is 0.360 e. The van der Waals surface area contributed by atoms with Crippen LogP contribution in [-0.4, -0.2) is 13.6 Å². The molecule has 0 amide bonds. The van der Waals surface area contributed by atoms with Gasteiger partial charge in [-0.1, -0.05) is 5.16 Å². The van der Waals surface area contributed by atoms with Gasteiger partial charge >= 0.3 is 0 Å². The van der Waals surface area contributed by atoms with E-state index in [1.807, 2.05) is 0 Å². The van der Waals surface area contributed by atoms with E-state index in [0.29, 0.717) is 0 Å². The van der Waals surface area contributed by atoms with Crippen molar-refractivity contribution in [2.45, 2.75) is 18.7 Å². The molecule has 0 saturated carbocycles. The first-order chi connectivity index (χ1) is 9.35. The highest BCUT2D eigenvalue weighted by Gasteiger charge is 2.24. The second-order valence-corrected chi connectivity index (χ2v) is 5.68. The number of anilines is 1. The molecule has 0 bridgehead atoms. The zero-order valence-electron chi connectivity index (χ0n) is 10.6. The van der Waals surface area contributed by atoms with Crippen molar-refractivity contribution < 1.29 is 17.3 Å². The molecule has 8 heteroatoms. The highest BCUT2D eigenvalue weighted by atomic mass is 32.2. The van der Waals surface area contributed by atoms with E-state index >= 15 is 0 Å². The Kier molecular flexibility index (Phi) is 3.46. The van der Waals surface area contributed by atoms with Crippen LogP contribution in [0.3, 0.4) is 0 Å². The van der Waals surface area contributed by atoms with Crippen LogP contribution in [0, 0.1) is 31.0 Å². The first-order valence-electron chi connectivity index (χ1n) is 5.50. The SMILES string of the molecule is Cc1noc(C)c1S(=O)(=O)Nc1ccc(F)c(C#N)c1. The van der Waals surface area contributed by atoms with Crippen LogP contribution in [0.1, 0.15) is 17.0 Å². The number of aryl methyl sites for hydroxylation is 2. The van der Waals surface area contributed by atoms with Crippen LogP contribution < -0.4 is 4.72 Å². The minimum Gasteiger partial charge on any atom is -0.360 e. The van der Waals surface area contributed by atoms with Crippen LogP contribution in [0.5, 0.6) is 0 Å². The first-order valence-corrected chi connectivity index (χ1v) is 6.99. The van der Waals surface area contributed by atoms with E-state index in [9.17, 15) is 12.8 Å². The zero-order valence-corrected chi connectivity index (χ0v) is 11.5. The predicted octanol–water partition coefficient (Wildman–Crippen LogP) is 2.10. The minimum absolute atomic E-state index is 0.0691. The van der Waals surface area contributed by atoms with Gasteiger partial charge in [-0.15, -0.1) is 0 Å². The molecule has 1 aromatic carbocycles. The van der Waals surface area contributed by atoms with E-state index in [1.165, 1.54) is 19.9 Å². The molecule has 0 atom stereocenters. The third-order valence-electron chi connectivity index (χ3n) is 2.58. The number of benzene rings is 1. The van der Waals surface area contributed by atoms with Gasteiger partial charge in [0, 0.05) is 0 Å². The number of nitriles is 1. The number of rotatable bonds is 3. The van der Waals surface area contributed by atoms with Gasteiger partial charge in [-0.25, -0.2) is 12.8 Å². The number of aromatic nitrogens is 1. The van der Waals surface area contributed by atoms with Crippen LogP contribution in [-0.2, 0) is 10.0 Å². The maximum absolute atomic E-state index is 13.2. The standard InChI is InChI=1S/C12H10FN3O3S/c1-7-12(8(2)19-15-7)20(17,18)16-10-3-4-11(13)9(5-10)6-14/h3-5,16H,1-2H3. The Morgan fingerprint density at radius 3 is 2.65 bits per heavy atom. The number of halogens is 1. The molecule has 0 aliphatic heterocycles. The molecule has 1 N–H and O–H groups in total. The highest BCUT2D eigenvalue weighted by Crippen LogP contribution is 2.23. The van der Waals surface area contributed by atoms with Gasteiger partial charge in [-0.2, -0.15) is 5.26 Å². The topological polar surface area (TPSA) is 96.0 Å². The molecule has 2 rings (SSSR count). The third-order valence-corrected chi connectivity index (χ3v) is 4.20. The molecule has 104 valence electrons. The minimum atomic E-state index is -3.91. The molecule has 20 heavy (non-hydrogen) atoms. The molecule has 0 unspecified atom stereocenters. The van der Waals surface area contributed by atoms with Gasteiger partial charge in [0.15, 0.2) is 10.7 Å². The van der Waals surface area contributed by atoms with E-state index < -0.39 is 15.8 Å². The average Bonchev–Trinajstić information content (AvgIpc) is 2.71. The van der Waals surface area contributed by atoms with Gasteiger partial charge in [-0.3, -0.25) is 4.72 Å². The lowest BCUT2D eigenvalue weighted by Crippen LogP contribution is -2.14. The molecule has 6 nitrogen and oxygen atoms in total. The van der Waals surface area contributed by atoms with E-state index in [2.05, 4.69) is 9.88 Å². The number of nitrogens with zero attached hydrogens (tertiary/aromatic N) is 2. The van der Waals surface area contributed by atoms with Gasteiger partial charge in [0.2, 0.25) is 0 Å². The smallest absolute Gasteiger partial charge is 0.267 e. The highest BCUT2D eigenvalue weighted by molar-refractivity contribution is 7.92. The molecule has 0 aliphatic carbocycles. The summed E-state index contributed by atoms with van der Waals surface area (Å²) >= 11 is 0. The quantitative estimate of drug-likeness (QED) is 0.935. The Bertz CT molecular complexity index is 786. The fraction of sp³-hybridized carbons (Fsp3) is 0.167. The van der Waals surface area contributed by atoms with Crippen LogP contribution >= 0.6 is 0 Å². The number of sulfonamides is 1. The molecular formula is C12H10FN3O3S. The first kappa shape index (κ1) is 14.0. The lowest BCUT2D eigenvalue weighted by Gasteiger charge is -2.07. The van der Waals surface area contributed by atoms with Gasteiger partial charge in [0.1, 0.15) is 17.6 Å². The number of hydrogen-bond donors (Lipinski definition) is 1. The van der Waals surface area contributed by atoms with Crippen LogP contribution in [0.25, 0.3) is 0 Å². The Labute approximate surface area is 114 Å². The van der Waals surface area contributed by atoms with Gasteiger partial charge in [0.05, 0.1) is 11.3 Å². The Morgan fingerprint density at radius 1 is 1.40 bits per heavy atom. The fourth-order valence-corrected chi connectivity index (χ4v) is 3.12. The lowest BCUT2D eigenvalue weighted by atomic mass is 10.2. The second kappa shape index (κ2) is 4.94. The van der Waals surface area contributed by atoms with Gasteiger partial charge in [0.25, 0.3) is 10.0 Å². The Balaban J connectivity index is 2.42. The second-order valence-electron chi connectivity index (χ2n) is 4.07. The summed E-state index contributed by atoms with van der Waals surface area (Å²) in [5, 5.41) is 12.3. The average molecular weight is 295 g/mol. The number of nitrogens with one attached hydrogen (secondary N) is 1. The predicted molar refractivity (Wildman–Crippen MR) is 67.9 cm³/mol. The van der Waals surface area contributed by atoms with Crippen molar-refractivity contribution in [3.63, 3.8) is 0 Å². The van der Waals surface area contributed by atoms with Crippen molar-refractivity contribution in [2.24, 2.45) is 0 Å². The monoisotopic (exact) mass is 295 g/mol. The molecule has 0 aliphatic rings. The molecule has 1 heterocycles. The van der Waals surface area contributed by atoms with Crippen LogP contribution in [0.4, 0.5) is 10.1 Å². The summed E-state index contributed by atoms with van der Waals surface area (Å²) in [6, 6.07) is 5.00. The van der Waals surface area contributed by atoms with Crippen molar-refractivity contribution in [1.82, 2.24) is 5.16 Å². The number of hydrogen-bond acceptors (Lipinski definition) is 5. The lowest BCUT2D eigenvalue weighted by molar-refractivity contribution is 0.390. The van der Waals surface area contributed by atoms with Crippen molar-refractivity contribution in [1.29, 1.82) is 5.26 Å². The fourth-order valence-electron chi connectivity index (χ4n) is 1.74. The molecule has 0 radical (unpaired) electrons.